The maximum atomic E-state index is 12.3. The number of halogens is 3. The molecule has 1 N–H and O–H groups in total. The summed E-state index contributed by atoms with van der Waals surface area (Å²) in [5, 5.41) is 9.27. The smallest absolute Gasteiger partial charge is 0.416 e. The van der Waals surface area contributed by atoms with Crippen molar-refractivity contribution in [3.63, 3.8) is 0 Å². The Morgan fingerprint density at radius 1 is 1.25 bits per heavy atom. The van der Waals surface area contributed by atoms with Crippen LogP contribution in [0.2, 0.25) is 0 Å². The molecule has 0 aliphatic carbocycles. The standard InChI is InChI=1S/C10H11F3O3/c1-15-4-5-16-9-6-7(10(11,12)13)2-3-8(9)14/h2-3,6,14H,4-5H2,1H3. The summed E-state index contributed by atoms with van der Waals surface area (Å²) >= 11 is 0. The number of methoxy groups -OCH3 is 1. The Hall–Kier alpha value is -1.43. The zero-order valence-electron chi connectivity index (χ0n) is 8.54. The van der Waals surface area contributed by atoms with Crippen LogP contribution in [0, 0.1) is 0 Å². The maximum Gasteiger partial charge on any atom is 0.416 e. The van der Waals surface area contributed by atoms with Crippen molar-refractivity contribution in [1.82, 2.24) is 0 Å². The number of benzene rings is 1. The Labute approximate surface area is 90.4 Å². The predicted molar refractivity (Wildman–Crippen MR) is 50.5 cm³/mol. The highest BCUT2D eigenvalue weighted by atomic mass is 19.4. The van der Waals surface area contributed by atoms with Crippen molar-refractivity contribution in [2.24, 2.45) is 0 Å². The predicted octanol–water partition coefficient (Wildman–Crippen LogP) is 2.44. The fourth-order valence-electron chi connectivity index (χ4n) is 1.04. The van der Waals surface area contributed by atoms with Crippen LogP contribution < -0.4 is 4.74 Å². The minimum atomic E-state index is -4.45. The zero-order valence-corrected chi connectivity index (χ0v) is 8.54. The van der Waals surface area contributed by atoms with Gasteiger partial charge in [-0.15, -0.1) is 0 Å². The Balaban J connectivity index is 2.83. The lowest BCUT2D eigenvalue weighted by Crippen LogP contribution is -2.07. The minimum absolute atomic E-state index is 0.0748. The zero-order chi connectivity index (χ0) is 12.2. The molecule has 0 spiro atoms. The van der Waals surface area contributed by atoms with E-state index in [2.05, 4.69) is 4.74 Å². The molecule has 0 radical (unpaired) electrons. The molecule has 1 aromatic rings. The van der Waals surface area contributed by atoms with Crippen LogP contribution in [-0.2, 0) is 10.9 Å². The van der Waals surface area contributed by atoms with E-state index in [1.165, 1.54) is 7.11 Å². The summed E-state index contributed by atoms with van der Waals surface area (Å²) in [5.74, 6) is -0.532. The van der Waals surface area contributed by atoms with Gasteiger partial charge >= 0.3 is 6.18 Å². The van der Waals surface area contributed by atoms with Crippen LogP contribution in [0.15, 0.2) is 18.2 Å². The molecule has 0 atom stereocenters. The second-order valence-corrected chi connectivity index (χ2v) is 3.02. The SMILES string of the molecule is COCCOc1cc(C(F)(F)F)ccc1O. The first-order valence-corrected chi connectivity index (χ1v) is 4.47. The first-order valence-electron chi connectivity index (χ1n) is 4.47. The maximum absolute atomic E-state index is 12.3. The first kappa shape index (κ1) is 12.6. The lowest BCUT2D eigenvalue weighted by molar-refractivity contribution is -0.137. The quantitative estimate of drug-likeness (QED) is 0.816. The number of hydrogen-bond acceptors (Lipinski definition) is 3. The first-order chi connectivity index (χ1) is 7.45. The van der Waals surface area contributed by atoms with Crippen LogP contribution in [-0.4, -0.2) is 25.4 Å². The molecule has 0 saturated heterocycles. The van der Waals surface area contributed by atoms with Crippen molar-refractivity contribution in [2.45, 2.75) is 6.18 Å². The van der Waals surface area contributed by atoms with E-state index < -0.39 is 11.7 Å². The van der Waals surface area contributed by atoms with Crippen LogP contribution in [0.1, 0.15) is 5.56 Å². The molecule has 0 bridgehead atoms. The number of rotatable bonds is 4. The third-order valence-corrected chi connectivity index (χ3v) is 1.83. The van der Waals surface area contributed by atoms with E-state index >= 15 is 0 Å². The molecule has 6 heteroatoms. The van der Waals surface area contributed by atoms with Gasteiger partial charge in [0.05, 0.1) is 12.2 Å². The van der Waals surface area contributed by atoms with Gasteiger partial charge in [0, 0.05) is 7.11 Å². The highest BCUT2D eigenvalue weighted by molar-refractivity contribution is 5.42. The van der Waals surface area contributed by atoms with E-state index in [-0.39, 0.29) is 24.7 Å². The summed E-state index contributed by atoms with van der Waals surface area (Å²) in [6.45, 7) is 0.307. The minimum Gasteiger partial charge on any atom is -0.504 e. The average molecular weight is 236 g/mol. The average Bonchev–Trinajstić information content (AvgIpc) is 2.19. The summed E-state index contributed by atoms with van der Waals surface area (Å²) in [5.41, 5.74) is -0.863. The molecular formula is C10H11F3O3. The van der Waals surface area contributed by atoms with Crippen LogP contribution in [0.3, 0.4) is 0 Å². The molecule has 90 valence electrons. The number of hydrogen-bond donors (Lipinski definition) is 1. The fraction of sp³-hybridized carbons (Fsp3) is 0.400. The van der Waals surface area contributed by atoms with Gasteiger partial charge in [0.25, 0.3) is 0 Å². The van der Waals surface area contributed by atoms with Gasteiger partial charge in [-0.1, -0.05) is 0 Å². The molecule has 0 heterocycles. The van der Waals surface area contributed by atoms with Crippen molar-refractivity contribution in [1.29, 1.82) is 0 Å². The highest BCUT2D eigenvalue weighted by Crippen LogP contribution is 2.35. The molecule has 1 rings (SSSR count). The summed E-state index contributed by atoms with van der Waals surface area (Å²) in [6.07, 6.45) is -4.45. The van der Waals surface area contributed by atoms with E-state index in [4.69, 9.17) is 4.74 Å². The van der Waals surface area contributed by atoms with Crippen LogP contribution in [0.25, 0.3) is 0 Å². The van der Waals surface area contributed by atoms with Gasteiger partial charge in [0.15, 0.2) is 11.5 Å². The van der Waals surface area contributed by atoms with E-state index in [0.717, 1.165) is 18.2 Å². The van der Waals surface area contributed by atoms with Crippen LogP contribution in [0.4, 0.5) is 13.2 Å². The largest absolute Gasteiger partial charge is 0.504 e. The molecule has 3 nitrogen and oxygen atoms in total. The van der Waals surface area contributed by atoms with Gasteiger partial charge < -0.3 is 14.6 Å². The van der Waals surface area contributed by atoms with Crippen molar-refractivity contribution in [2.75, 3.05) is 20.3 Å². The topological polar surface area (TPSA) is 38.7 Å². The summed E-state index contributed by atoms with van der Waals surface area (Å²) in [6, 6.07) is 2.49. The van der Waals surface area contributed by atoms with Crippen LogP contribution in [0.5, 0.6) is 11.5 Å². The molecule has 0 aliphatic rings. The molecule has 1 aromatic carbocycles. The number of phenolic OH excluding ortho intramolecular Hbond substituents is 1. The Kier molecular flexibility index (Phi) is 4.00. The lowest BCUT2D eigenvalue weighted by Gasteiger charge is -2.11. The van der Waals surface area contributed by atoms with Gasteiger partial charge in [-0.25, -0.2) is 0 Å². The highest BCUT2D eigenvalue weighted by Gasteiger charge is 2.31. The van der Waals surface area contributed by atoms with Gasteiger partial charge in [-0.2, -0.15) is 13.2 Å². The molecular weight excluding hydrogens is 225 g/mol. The summed E-state index contributed by atoms with van der Waals surface area (Å²) < 4.78 is 46.6. The van der Waals surface area contributed by atoms with Gasteiger partial charge in [-0.05, 0) is 18.2 Å². The molecule has 16 heavy (non-hydrogen) atoms. The van der Waals surface area contributed by atoms with Crippen molar-refractivity contribution < 1.29 is 27.8 Å². The van der Waals surface area contributed by atoms with Gasteiger partial charge in [0.2, 0.25) is 0 Å². The van der Waals surface area contributed by atoms with Crippen LogP contribution >= 0.6 is 0 Å². The number of alkyl halides is 3. The normalized spacial score (nSPS) is 11.5. The molecule has 0 unspecified atom stereocenters. The van der Waals surface area contributed by atoms with E-state index in [1.54, 1.807) is 0 Å². The lowest BCUT2D eigenvalue weighted by atomic mass is 10.2. The third kappa shape index (κ3) is 3.30. The molecule has 0 saturated carbocycles. The molecule has 0 aliphatic heterocycles. The van der Waals surface area contributed by atoms with E-state index in [9.17, 15) is 18.3 Å². The molecule has 0 fully saturated rings. The summed E-state index contributed by atoms with van der Waals surface area (Å²) in [7, 11) is 1.44. The second kappa shape index (κ2) is 5.07. The molecule has 0 amide bonds. The fourth-order valence-corrected chi connectivity index (χ4v) is 1.04. The monoisotopic (exact) mass is 236 g/mol. The van der Waals surface area contributed by atoms with Crippen molar-refractivity contribution in [3.05, 3.63) is 23.8 Å². The third-order valence-electron chi connectivity index (χ3n) is 1.83. The van der Waals surface area contributed by atoms with Crippen molar-refractivity contribution >= 4 is 0 Å². The Morgan fingerprint density at radius 2 is 1.94 bits per heavy atom. The van der Waals surface area contributed by atoms with Crippen molar-refractivity contribution in [3.8, 4) is 11.5 Å². The molecule has 0 aromatic heterocycles. The number of aromatic hydroxyl groups is 1. The summed E-state index contributed by atoms with van der Waals surface area (Å²) in [4.78, 5) is 0. The Morgan fingerprint density at radius 3 is 2.50 bits per heavy atom. The van der Waals surface area contributed by atoms with E-state index in [1.807, 2.05) is 0 Å². The van der Waals surface area contributed by atoms with E-state index in [0.29, 0.717) is 0 Å². The van der Waals surface area contributed by atoms with Gasteiger partial charge in [-0.3, -0.25) is 0 Å². The second-order valence-electron chi connectivity index (χ2n) is 3.02. The van der Waals surface area contributed by atoms with Gasteiger partial charge in [0.1, 0.15) is 6.61 Å². The Bertz CT molecular complexity index is 350. The number of phenols is 1. The number of ether oxygens (including phenoxy) is 2.